The number of hydrogen-bond acceptors (Lipinski definition) is 7. The van der Waals surface area contributed by atoms with Crippen molar-refractivity contribution in [2.24, 2.45) is 0 Å². The summed E-state index contributed by atoms with van der Waals surface area (Å²) in [7, 11) is 3.09. The van der Waals surface area contributed by atoms with Crippen LogP contribution in [0.2, 0.25) is 5.02 Å². The molecule has 4 rings (SSSR count). The quantitative estimate of drug-likeness (QED) is 0.313. The molecule has 2 aromatic carbocycles. The minimum Gasteiger partial charge on any atom is -0.497 e. The monoisotopic (exact) mass is 471 g/mol. The fourth-order valence-corrected chi connectivity index (χ4v) is 3.81. The Morgan fingerprint density at radius 1 is 1.19 bits per heavy atom. The lowest BCUT2D eigenvalue weighted by Crippen LogP contribution is -2.16. The van der Waals surface area contributed by atoms with Gasteiger partial charge in [-0.15, -0.1) is 0 Å². The van der Waals surface area contributed by atoms with Crippen LogP contribution in [-0.2, 0) is 4.79 Å². The molecule has 2 aromatic heterocycles. The van der Waals surface area contributed by atoms with Crippen molar-refractivity contribution in [2.45, 2.75) is 5.16 Å². The number of thioether (sulfide) groups is 1. The average Bonchev–Trinajstić information content (AvgIpc) is 3.22. The summed E-state index contributed by atoms with van der Waals surface area (Å²) in [4.78, 5) is 32.1. The van der Waals surface area contributed by atoms with Gasteiger partial charge in [0, 0.05) is 5.02 Å². The van der Waals surface area contributed by atoms with Gasteiger partial charge >= 0.3 is 0 Å². The fraction of sp³-hybridized carbons (Fsp3) is 0.143. The maximum atomic E-state index is 12.5. The van der Waals surface area contributed by atoms with Crippen LogP contribution in [0.25, 0.3) is 16.7 Å². The third-order valence-corrected chi connectivity index (χ3v) is 5.62. The first-order chi connectivity index (χ1) is 15.5. The number of anilines is 1. The molecular weight excluding hydrogens is 454 g/mol. The van der Waals surface area contributed by atoms with Gasteiger partial charge < -0.3 is 19.8 Å². The highest BCUT2D eigenvalue weighted by Gasteiger charge is 2.14. The Balaban J connectivity index is 1.54. The fourth-order valence-electron chi connectivity index (χ4n) is 2.98. The van der Waals surface area contributed by atoms with Crippen molar-refractivity contribution in [2.75, 3.05) is 25.3 Å². The standard InChI is InChI=1S/C21H18ClN5O4S/c1-30-14-6-4-13(5-7-14)27-19-15(10-23-27)20(29)26-21(25-19)32-11-18(28)24-16-9-12(22)3-8-17(16)31-2/h3-10H,11H2,1-2H3,(H,24,28)(H,25,26,29). The van der Waals surface area contributed by atoms with E-state index in [1.54, 1.807) is 42.1 Å². The first-order valence-electron chi connectivity index (χ1n) is 9.37. The molecule has 0 aliphatic heterocycles. The number of carbonyl (C=O) groups is 1. The third kappa shape index (κ3) is 4.56. The zero-order valence-electron chi connectivity index (χ0n) is 17.1. The predicted octanol–water partition coefficient (Wildman–Crippen LogP) is 3.51. The number of amides is 1. The van der Waals surface area contributed by atoms with Crippen LogP contribution in [0.15, 0.2) is 58.6 Å². The molecule has 9 nitrogen and oxygen atoms in total. The number of nitrogens with zero attached hydrogens (tertiary/aromatic N) is 3. The number of halogens is 1. The highest BCUT2D eigenvalue weighted by atomic mass is 35.5. The molecule has 0 aliphatic carbocycles. The second-order valence-corrected chi connectivity index (χ2v) is 7.94. The number of aromatic amines is 1. The summed E-state index contributed by atoms with van der Waals surface area (Å²) in [6.07, 6.45) is 1.46. The zero-order valence-corrected chi connectivity index (χ0v) is 18.7. The van der Waals surface area contributed by atoms with E-state index in [1.807, 2.05) is 12.1 Å². The Labute approximate surface area is 191 Å². The largest absolute Gasteiger partial charge is 0.497 e. The van der Waals surface area contributed by atoms with Crippen LogP contribution in [0.1, 0.15) is 0 Å². The van der Waals surface area contributed by atoms with E-state index in [0.717, 1.165) is 17.4 Å². The Bertz CT molecular complexity index is 1340. The maximum absolute atomic E-state index is 12.5. The van der Waals surface area contributed by atoms with Crippen molar-refractivity contribution in [3.05, 3.63) is 64.0 Å². The molecule has 0 aliphatic rings. The molecular formula is C21H18ClN5O4S. The Hall–Kier alpha value is -3.50. The SMILES string of the molecule is COc1ccc(-n2ncc3c(=O)[nH]c(SCC(=O)Nc4cc(Cl)ccc4OC)nc32)cc1. The van der Waals surface area contributed by atoms with Crippen LogP contribution in [0, 0.1) is 0 Å². The van der Waals surface area contributed by atoms with E-state index < -0.39 is 0 Å². The molecule has 0 spiro atoms. The van der Waals surface area contributed by atoms with Gasteiger partial charge in [-0.05, 0) is 42.5 Å². The summed E-state index contributed by atoms with van der Waals surface area (Å²) in [5.74, 6) is 0.904. The Morgan fingerprint density at radius 3 is 2.69 bits per heavy atom. The highest BCUT2D eigenvalue weighted by Crippen LogP contribution is 2.28. The van der Waals surface area contributed by atoms with E-state index in [0.29, 0.717) is 38.4 Å². The molecule has 0 unspecified atom stereocenters. The summed E-state index contributed by atoms with van der Waals surface area (Å²) >= 11 is 7.09. The number of ether oxygens (including phenoxy) is 2. The maximum Gasteiger partial charge on any atom is 0.262 e. The van der Waals surface area contributed by atoms with Gasteiger partial charge in [-0.25, -0.2) is 9.67 Å². The van der Waals surface area contributed by atoms with Crippen LogP contribution >= 0.6 is 23.4 Å². The summed E-state index contributed by atoms with van der Waals surface area (Å²) in [5.41, 5.74) is 1.23. The van der Waals surface area contributed by atoms with E-state index in [4.69, 9.17) is 21.1 Å². The van der Waals surface area contributed by atoms with Gasteiger partial charge in [0.1, 0.15) is 16.9 Å². The summed E-state index contributed by atoms with van der Waals surface area (Å²) in [6.45, 7) is 0. The number of aromatic nitrogens is 4. The van der Waals surface area contributed by atoms with Gasteiger partial charge in [0.05, 0.1) is 37.5 Å². The zero-order chi connectivity index (χ0) is 22.7. The van der Waals surface area contributed by atoms with E-state index >= 15 is 0 Å². The van der Waals surface area contributed by atoms with Crippen LogP contribution in [0.5, 0.6) is 11.5 Å². The number of hydrogen-bond donors (Lipinski definition) is 2. The molecule has 0 radical (unpaired) electrons. The van der Waals surface area contributed by atoms with E-state index in [1.165, 1.54) is 13.3 Å². The second-order valence-electron chi connectivity index (χ2n) is 6.54. The van der Waals surface area contributed by atoms with Gasteiger partial charge in [-0.2, -0.15) is 5.10 Å². The van der Waals surface area contributed by atoms with Crippen molar-refractivity contribution >= 4 is 46.0 Å². The number of benzene rings is 2. The topological polar surface area (TPSA) is 111 Å². The molecule has 2 heterocycles. The highest BCUT2D eigenvalue weighted by molar-refractivity contribution is 7.99. The average molecular weight is 472 g/mol. The third-order valence-electron chi connectivity index (χ3n) is 4.51. The summed E-state index contributed by atoms with van der Waals surface area (Å²) < 4.78 is 12.0. The number of H-pyrrole nitrogens is 1. The molecule has 0 saturated heterocycles. The molecule has 0 fully saturated rings. The van der Waals surface area contributed by atoms with E-state index in [9.17, 15) is 9.59 Å². The number of rotatable bonds is 7. The smallest absolute Gasteiger partial charge is 0.262 e. The number of nitrogens with one attached hydrogen (secondary N) is 2. The van der Waals surface area contributed by atoms with Crippen molar-refractivity contribution in [1.82, 2.24) is 19.7 Å². The van der Waals surface area contributed by atoms with Crippen molar-refractivity contribution in [3.63, 3.8) is 0 Å². The van der Waals surface area contributed by atoms with Crippen molar-refractivity contribution in [3.8, 4) is 17.2 Å². The molecule has 0 saturated carbocycles. The lowest BCUT2D eigenvalue weighted by atomic mass is 10.3. The Kier molecular flexibility index (Phi) is 6.33. The lowest BCUT2D eigenvalue weighted by molar-refractivity contribution is -0.113. The molecule has 164 valence electrons. The first-order valence-corrected chi connectivity index (χ1v) is 10.7. The molecule has 1 amide bonds. The molecule has 4 aromatic rings. The normalized spacial score (nSPS) is 10.8. The Morgan fingerprint density at radius 2 is 1.97 bits per heavy atom. The number of methoxy groups -OCH3 is 2. The van der Waals surface area contributed by atoms with Gasteiger partial charge in [0.25, 0.3) is 5.56 Å². The summed E-state index contributed by atoms with van der Waals surface area (Å²) in [6, 6.07) is 12.1. The van der Waals surface area contributed by atoms with Crippen molar-refractivity contribution < 1.29 is 14.3 Å². The van der Waals surface area contributed by atoms with Gasteiger partial charge in [-0.1, -0.05) is 23.4 Å². The van der Waals surface area contributed by atoms with Crippen LogP contribution in [-0.4, -0.2) is 45.6 Å². The number of carbonyl (C=O) groups excluding carboxylic acids is 1. The minimum atomic E-state index is -0.339. The van der Waals surface area contributed by atoms with Crippen LogP contribution in [0.4, 0.5) is 5.69 Å². The lowest BCUT2D eigenvalue weighted by Gasteiger charge is -2.10. The molecule has 32 heavy (non-hydrogen) atoms. The molecule has 2 N–H and O–H groups in total. The van der Waals surface area contributed by atoms with Crippen molar-refractivity contribution in [1.29, 1.82) is 0 Å². The molecule has 11 heteroatoms. The van der Waals surface area contributed by atoms with E-state index in [-0.39, 0.29) is 17.2 Å². The molecule has 0 bridgehead atoms. The number of fused-ring (bicyclic) bond motifs is 1. The summed E-state index contributed by atoms with van der Waals surface area (Å²) in [5, 5.41) is 8.14. The van der Waals surface area contributed by atoms with Gasteiger partial charge in [0.15, 0.2) is 10.8 Å². The van der Waals surface area contributed by atoms with Crippen LogP contribution < -0.4 is 20.3 Å². The van der Waals surface area contributed by atoms with E-state index in [2.05, 4.69) is 20.4 Å². The van der Waals surface area contributed by atoms with Crippen LogP contribution in [0.3, 0.4) is 0 Å². The predicted molar refractivity (Wildman–Crippen MR) is 123 cm³/mol. The first kappa shape index (κ1) is 21.7. The minimum absolute atomic E-state index is 0.0147. The second kappa shape index (κ2) is 9.33. The van der Waals surface area contributed by atoms with Gasteiger partial charge in [-0.3, -0.25) is 9.59 Å². The molecule has 0 atom stereocenters. The van der Waals surface area contributed by atoms with Gasteiger partial charge in [0.2, 0.25) is 5.91 Å².